The van der Waals surface area contributed by atoms with Crippen LogP contribution in [0.3, 0.4) is 0 Å². The predicted molar refractivity (Wildman–Crippen MR) is 85.8 cm³/mol. The van der Waals surface area contributed by atoms with E-state index in [1.165, 1.54) is 7.11 Å². The normalized spacial score (nSPS) is 26.2. The molecule has 0 aromatic carbocycles. The van der Waals surface area contributed by atoms with Crippen molar-refractivity contribution in [2.45, 2.75) is 13.3 Å². The Hall–Kier alpha value is -2.09. The van der Waals surface area contributed by atoms with Crippen molar-refractivity contribution in [3.05, 3.63) is 11.3 Å². The molecule has 2 atom stereocenters. The summed E-state index contributed by atoms with van der Waals surface area (Å²) in [4.78, 5) is 27.3. The highest BCUT2D eigenvalue weighted by Gasteiger charge is 2.54. The third-order valence-electron chi connectivity index (χ3n) is 5.25. The zero-order valence-corrected chi connectivity index (χ0v) is 14.6. The van der Waals surface area contributed by atoms with Gasteiger partial charge in [0.1, 0.15) is 5.56 Å². The highest BCUT2D eigenvalue weighted by atomic mass is 16.5. The van der Waals surface area contributed by atoms with Gasteiger partial charge in [-0.15, -0.1) is 0 Å². The maximum absolute atomic E-state index is 13.1. The Bertz CT molecular complexity index is 671. The number of aryl methyl sites for hydroxylation is 2. The Morgan fingerprint density at radius 3 is 2.88 bits per heavy atom. The summed E-state index contributed by atoms with van der Waals surface area (Å²) in [5.41, 5.74) is 0.525. The molecule has 0 unspecified atom stereocenters. The van der Waals surface area contributed by atoms with E-state index in [2.05, 4.69) is 10.4 Å². The number of hydrogen-bond acceptors (Lipinski definition) is 5. The fraction of sp³-hybridized carbons (Fsp3) is 0.688. The summed E-state index contributed by atoms with van der Waals surface area (Å²) in [6, 6.07) is 0. The molecule has 2 aliphatic heterocycles. The molecule has 24 heavy (non-hydrogen) atoms. The minimum absolute atomic E-state index is 0.0122. The van der Waals surface area contributed by atoms with Crippen LogP contribution in [0.15, 0.2) is 0 Å². The van der Waals surface area contributed by atoms with Crippen molar-refractivity contribution in [1.82, 2.24) is 20.0 Å². The average molecular weight is 336 g/mol. The topological polar surface area (TPSA) is 85.7 Å². The number of hydrogen-bond donors (Lipinski definition) is 1. The van der Waals surface area contributed by atoms with E-state index < -0.39 is 5.41 Å². The Morgan fingerprint density at radius 1 is 1.46 bits per heavy atom. The zero-order valence-electron chi connectivity index (χ0n) is 14.6. The van der Waals surface area contributed by atoms with Crippen molar-refractivity contribution >= 4 is 11.8 Å². The summed E-state index contributed by atoms with van der Waals surface area (Å²) in [6.07, 6.45) is 0.629. The second-order valence-corrected chi connectivity index (χ2v) is 6.54. The first-order chi connectivity index (χ1) is 11.4. The van der Waals surface area contributed by atoms with Gasteiger partial charge in [-0.1, -0.05) is 0 Å². The van der Waals surface area contributed by atoms with E-state index in [1.54, 1.807) is 30.6 Å². The summed E-state index contributed by atoms with van der Waals surface area (Å²) in [6.45, 7) is 3.73. The minimum atomic E-state index is -0.563. The van der Waals surface area contributed by atoms with E-state index in [1.807, 2.05) is 0 Å². The van der Waals surface area contributed by atoms with Crippen LogP contribution >= 0.6 is 0 Å². The van der Waals surface area contributed by atoms with Gasteiger partial charge >= 0.3 is 0 Å². The fourth-order valence-electron chi connectivity index (χ4n) is 4.00. The van der Waals surface area contributed by atoms with Crippen LogP contribution in [0, 0.1) is 18.3 Å². The maximum Gasteiger partial charge on any atom is 0.261 e. The van der Waals surface area contributed by atoms with Gasteiger partial charge in [0.2, 0.25) is 11.8 Å². The lowest BCUT2D eigenvalue weighted by molar-refractivity contribution is -0.138. The van der Waals surface area contributed by atoms with Crippen molar-refractivity contribution in [2.24, 2.45) is 18.4 Å². The molecule has 0 bridgehead atoms. The average Bonchev–Trinajstić information content (AvgIpc) is 3.11. The van der Waals surface area contributed by atoms with E-state index in [9.17, 15) is 9.59 Å². The third kappa shape index (κ3) is 2.36. The van der Waals surface area contributed by atoms with Crippen molar-refractivity contribution < 1.29 is 19.1 Å². The van der Waals surface area contributed by atoms with E-state index in [-0.39, 0.29) is 17.7 Å². The standard InChI is InChI=1S/C16H24N4O4/c1-10-12(14(23-4)19(3)18-10)13(21)20-7-11-8-24-6-5-16(11,9-20)15(22)17-2/h11H,5-9H2,1-4H3,(H,17,22)/t11-,16+/m1/s1. The van der Waals surface area contributed by atoms with Crippen LogP contribution < -0.4 is 10.1 Å². The molecule has 2 saturated heterocycles. The van der Waals surface area contributed by atoms with Crippen LogP contribution in [0.2, 0.25) is 0 Å². The molecule has 0 aliphatic carbocycles. The number of methoxy groups -OCH3 is 1. The Labute approximate surface area is 141 Å². The second kappa shape index (κ2) is 6.08. The summed E-state index contributed by atoms with van der Waals surface area (Å²) >= 11 is 0. The SMILES string of the molecule is CNC(=O)[C@]12CCOC[C@H]1CN(C(=O)c1c(C)nn(C)c1OC)C2. The van der Waals surface area contributed by atoms with Gasteiger partial charge in [-0.25, -0.2) is 4.68 Å². The van der Waals surface area contributed by atoms with Crippen LogP contribution in [0.1, 0.15) is 22.5 Å². The molecule has 1 aromatic heterocycles. The van der Waals surface area contributed by atoms with Gasteiger partial charge in [-0.3, -0.25) is 9.59 Å². The highest BCUT2D eigenvalue weighted by Crippen LogP contribution is 2.43. The van der Waals surface area contributed by atoms with Gasteiger partial charge in [0.05, 0.1) is 24.8 Å². The summed E-state index contributed by atoms with van der Waals surface area (Å²) in [5, 5.41) is 7.03. The molecule has 1 aromatic rings. The number of nitrogens with zero attached hydrogens (tertiary/aromatic N) is 3. The third-order valence-corrected chi connectivity index (χ3v) is 5.25. The number of rotatable bonds is 3. The lowest BCUT2D eigenvalue weighted by Crippen LogP contribution is -2.49. The fourth-order valence-corrected chi connectivity index (χ4v) is 4.00. The van der Waals surface area contributed by atoms with Crippen molar-refractivity contribution in [2.75, 3.05) is 40.5 Å². The van der Waals surface area contributed by atoms with Gasteiger partial charge < -0.3 is 19.7 Å². The number of ether oxygens (including phenoxy) is 2. The summed E-state index contributed by atoms with van der Waals surface area (Å²) in [5.74, 6) is 0.298. The number of amides is 2. The summed E-state index contributed by atoms with van der Waals surface area (Å²) < 4.78 is 12.4. The lowest BCUT2D eigenvalue weighted by Gasteiger charge is -2.36. The van der Waals surface area contributed by atoms with Gasteiger partial charge in [-0.2, -0.15) is 5.10 Å². The minimum Gasteiger partial charge on any atom is -0.481 e. The molecule has 3 heterocycles. The van der Waals surface area contributed by atoms with E-state index in [0.717, 1.165) is 0 Å². The van der Waals surface area contributed by atoms with Gasteiger partial charge in [0, 0.05) is 39.7 Å². The smallest absolute Gasteiger partial charge is 0.261 e. The molecule has 0 saturated carbocycles. The number of fused-ring (bicyclic) bond motifs is 1. The Morgan fingerprint density at radius 2 is 2.21 bits per heavy atom. The van der Waals surface area contributed by atoms with Crippen LogP contribution in [0.4, 0.5) is 0 Å². The van der Waals surface area contributed by atoms with Crippen molar-refractivity contribution in [1.29, 1.82) is 0 Å². The molecular weight excluding hydrogens is 312 g/mol. The van der Waals surface area contributed by atoms with Crippen LogP contribution in [0.5, 0.6) is 5.88 Å². The number of carbonyl (C=O) groups excluding carboxylic acids is 2. The molecule has 8 nitrogen and oxygen atoms in total. The van der Waals surface area contributed by atoms with E-state index >= 15 is 0 Å². The Kier molecular flexibility index (Phi) is 4.25. The van der Waals surface area contributed by atoms with Crippen molar-refractivity contribution in [3.8, 4) is 5.88 Å². The zero-order chi connectivity index (χ0) is 17.5. The van der Waals surface area contributed by atoms with Crippen LogP contribution in [0.25, 0.3) is 0 Å². The van der Waals surface area contributed by atoms with E-state index in [4.69, 9.17) is 9.47 Å². The maximum atomic E-state index is 13.1. The monoisotopic (exact) mass is 336 g/mol. The summed E-state index contributed by atoms with van der Waals surface area (Å²) in [7, 11) is 4.91. The molecule has 1 N–H and O–H groups in total. The second-order valence-electron chi connectivity index (χ2n) is 6.54. The van der Waals surface area contributed by atoms with Crippen molar-refractivity contribution in [3.63, 3.8) is 0 Å². The molecular formula is C16H24N4O4. The lowest BCUT2D eigenvalue weighted by atomic mass is 9.73. The molecule has 132 valence electrons. The molecule has 2 amide bonds. The quantitative estimate of drug-likeness (QED) is 0.837. The number of nitrogens with one attached hydrogen (secondary N) is 1. The largest absolute Gasteiger partial charge is 0.481 e. The first-order valence-corrected chi connectivity index (χ1v) is 8.11. The number of carbonyl (C=O) groups is 2. The molecule has 0 spiro atoms. The first-order valence-electron chi connectivity index (χ1n) is 8.11. The van der Waals surface area contributed by atoms with Gasteiger partial charge in [-0.05, 0) is 13.3 Å². The predicted octanol–water partition coefficient (Wildman–Crippen LogP) is -0.0382. The highest BCUT2D eigenvalue weighted by molar-refractivity contribution is 5.98. The molecule has 2 fully saturated rings. The van der Waals surface area contributed by atoms with Crippen LogP contribution in [-0.4, -0.2) is 67.0 Å². The van der Waals surface area contributed by atoms with Gasteiger partial charge in [0.15, 0.2) is 0 Å². The number of likely N-dealkylation sites (tertiary alicyclic amines) is 1. The molecule has 2 aliphatic rings. The molecule has 0 radical (unpaired) electrons. The van der Waals surface area contributed by atoms with E-state index in [0.29, 0.717) is 49.9 Å². The number of aromatic nitrogens is 2. The first kappa shape index (κ1) is 16.8. The molecule has 8 heteroatoms. The Balaban J connectivity index is 1.92. The van der Waals surface area contributed by atoms with Gasteiger partial charge in [0.25, 0.3) is 5.91 Å². The molecule has 3 rings (SSSR count). The van der Waals surface area contributed by atoms with Crippen LogP contribution in [-0.2, 0) is 16.6 Å².